The third-order valence-corrected chi connectivity index (χ3v) is 7.16. The molecular formula is C24H26FN3. The Kier molecular flexibility index (Phi) is 4.26. The fourth-order valence-corrected chi connectivity index (χ4v) is 5.53. The SMILES string of the molecule is CC1CC1c1c(CN2[C@@H]3CC[C@H]2[C@@H](N)C3)cccc1-c1ccc(C#N)c(F)c1. The van der Waals surface area contributed by atoms with Crippen LogP contribution in [0, 0.1) is 23.1 Å². The van der Waals surface area contributed by atoms with E-state index in [2.05, 4.69) is 30.0 Å². The molecule has 0 spiro atoms. The van der Waals surface area contributed by atoms with Crippen molar-refractivity contribution in [3.05, 3.63) is 58.9 Å². The topological polar surface area (TPSA) is 53.0 Å². The van der Waals surface area contributed by atoms with Crippen LogP contribution >= 0.6 is 0 Å². The molecule has 2 aromatic carbocycles. The molecule has 2 bridgehead atoms. The van der Waals surface area contributed by atoms with E-state index in [0.717, 1.165) is 24.1 Å². The zero-order valence-corrected chi connectivity index (χ0v) is 16.2. The Morgan fingerprint density at radius 3 is 2.64 bits per heavy atom. The van der Waals surface area contributed by atoms with Gasteiger partial charge in [-0.1, -0.05) is 31.2 Å². The minimum Gasteiger partial charge on any atom is -0.326 e. The molecule has 5 rings (SSSR count). The summed E-state index contributed by atoms with van der Waals surface area (Å²) in [7, 11) is 0. The van der Waals surface area contributed by atoms with Gasteiger partial charge in [0.05, 0.1) is 5.56 Å². The van der Waals surface area contributed by atoms with Crippen molar-refractivity contribution in [3.63, 3.8) is 0 Å². The fourth-order valence-electron chi connectivity index (χ4n) is 5.53. The van der Waals surface area contributed by atoms with Gasteiger partial charge < -0.3 is 5.73 Å². The Balaban J connectivity index is 1.55. The van der Waals surface area contributed by atoms with Gasteiger partial charge >= 0.3 is 0 Å². The monoisotopic (exact) mass is 375 g/mol. The number of nitrogens with zero attached hydrogens (tertiary/aromatic N) is 2. The smallest absolute Gasteiger partial charge is 0.141 e. The predicted molar refractivity (Wildman–Crippen MR) is 108 cm³/mol. The van der Waals surface area contributed by atoms with Gasteiger partial charge in [0.1, 0.15) is 11.9 Å². The summed E-state index contributed by atoms with van der Waals surface area (Å²) in [5.41, 5.74) is 11.2. The lowest BCUT2D eigenvalue weighted by Gasteiger charge is -2.25. The standard InChI is InChI=1S/C24H26FN3/c1-14-9-20(14)24-17(13-28-18-7-8-23(28)22(27)11-18)3-2-4-19(24)15-5-6-16(12-26)21(25)10-15/h2-6,10,14,18,20,22-23H,7-9,11,13,27H2,1H3/t14?,18-,20?,22+,23+/m1/s1. The van der Waals surface area contributed by atoms with Crippen molar-refractivity contribution in [2.24, 2.45) is 11.7 Å². The molecule has 3 aliphatic rings. The van der Waals surface area contributed by atoms with E-state index in [4.69, 9.17) is 11.0 Å². The molecule has 2 N–H and O–H groups in total. The van der Waals surface area contributed by atoms with E-state index in [1.165, 1.54) is 36.5 Å². The van der Waals surface area contributed by atoms with Gasteiger partial charge in [0.2, 0.25) is 0 Å². The first-order valence-corrected chi connectivity index (χ1v) is 10.4. The van der Waals surface area contributed by atoms with Crippen molar-refractivity contribution in [1.29, 1.82) is 5.26 Å². The zero-order chi connectivity index (χ0) is 19.4. The molecule has 2 heterocycles. The molecular weight excluding hydrogens is 349 g/mol. The van der Waals surface area contributed by atoms with E-state index in [1.54, 1.807) is 6.07 Å². The van der Waals surface area contributed by atoms with Crippen LogP contribution in [0.3, 0.4) is 0 Å². The summed E-state index contributed by atoms with van der Waals surface area (Å²) in [6.07, 6.45) is 4.77. The highest BCUT2D eigenvalue weighted by Crippen LogP contribution is 2.52. The molecule has 1 saturated carbocycles. The Bertz CT molecular complexity index is 963. The summed E-state index contributed by atoms with van der Waals surface area (Å²) in [4.78, 5) is 2.61. The first-order valence-electron chi connectivity index (χ1n) is 10.4. The molecule has 1 aliphatic carbocycles. The largest absolute Gasteiger partial charge is 0.326 e. The molecule has 0 radical (unpaired) electrons. The van der Waals surface area contributed by atoms with E-state index in [0.29, 0.717) is 30.0 Å². The highest BCUT2D eigenvalue weighted by molar-refractivity contribution is 5.71. The van der Waals surface area contributed by atoms with E-state index < -0.39 is 5.82 Å². The van der Waals surface area contributed by atoms with Gasteiger partial charge in [0.25, 0.3) is 0 Å². The number of benzene rings is 2. The van der Waals surface area contributed by atoms with Gasteiger partial charge in [-0.15, -0.1) is 0 Å². The second-order valence-corrected chi connectivity index (χ2v) is 8.87. The van der Waals surface area contributed by atoms with Crippen molar-refractivity contribution >= 4 is 0 Å². The average Bonchev–Trinajstić information content (AvgIpc) is 3.18. The van der Waals surface area contributed by atoms with Crippen molar-refractivity contribution < 1.29 is 4.39 Å². The van der Waals surface area contributed by atoms with E-state index in [9.17, 15) is 4.39 Å². The highest BCUT2D eigenvalue weighted by atomic mass is 19.1. The zero-order valence-electron chi connectivity index (χ0n) is 16.2. The van der Waals surface area contributed by atoms with Crippen molar-refractivity contribution in [3.8, 4) is 17.2 Å². The summed E-state index contributed by atoms with van der Waals surface area (Å²) in [5.74, 6) is 0.767. The van der Waals surface area contributed by atoms with Crippen molar-refractivity contribution in [2.75, 3.05) is 0 Å². The molecule has 2 aliphatic heterocycles. The molecule has 3 nitrogen and oxygen atoms in total. The second-order valence-electron chi connectivity index (χ2n) is 8.87. The van der Waals surface area contributed by atoms with Crippen LogP contribution in [0.25, 0.3) is 11.1 Å². The molecule has 28 heavy (non-hydrogen) atoms. The third kappa shape index (κ3) is 2.85. The number of fused-ring (bicyclic) bond motifs is 2. The molecule has 0 aromatic heterocycles. The minimum atomic E-state index is -0.441. The van der Waals surface area contributed by atoms with Crippen molar-refractivity contribution in [1.82, 2.24) is 4.90 Å². The van der Waals surface area contributed by atoms with Crippen LogP contribution in [0.15, 0.2) is 36.4 Å². The maximum Gasteiger partial charge on any atom is 0.141 e. The van der Waals surface area contributed by atoms with Crippen LogP contribution in [0.4, 0.5) is 4.39 Å². The quantitative estimate of drug-likeness (QED) is 0.853. The molecule has 2 saturated heterocycles. The van der Waals surface area contributed by atoms with Crippen LogP contribution in [0.5, 0.6) is 0 Å². The number of halogens is 1. The Labute approximate surface area is 166 Å². The first-order chi connectivity index (χ1) is 13.6. The number of hydrogen-bond acceptors (Lipinski definition) is 3. The summed E-state index contributed by atoms with van der Waals surface area (Å²) in [5, 5.41) is 9.04. The van der Waals surface area contributed by atoms with E-state index in [-0.39, 0.29) is 5.56 Å². The molecule has 2 unspecified atom stereocenters. The number of nitrogens with two attached hydrogens (primary N) is 1. The molecule has 0 amide bonds. The van der Waals surface area contributed by atoms with Crippen LogP contribution in [-0.4, -0.2) is 23.0 Å². The second kappa shape index (κ2) is 6.69. The maximum atomic E-state index is 14.3. The highest BCUT2D eigenvalue weighted by Gasteiger charge is 2.45. The fraction of sp³-hybridized carbons (Fsp3) is 0.458. The van der Waals surface area contributed by atoms with Crippen LogP contribution < -0.4 is 5.73 Å². The van der Waals surface area contributed by atoms with Gasteiger partial charge in [0.15, 0.2) is 0 Å². The Morgan fingerprint density at radius 2 is 2.04 bits per heavy atom. The number of hydrogen-bond donors (Lipinski definition) is 1. The van der Waals surface area contributed by atoms with Gasteiger partial charge in [0, 0.05) is 24.7 Å². The van der Waals surface area contributed by atoms with Gasteiger partial charge in [-0.25, -0.2) is 4.39 Å². The lowest BCUT2D eigenvalue weighted by molar-refractivity contribution is 0.238. The van der Waals surface area contributed by atoms with Gasteiger partial charge in [-0.2, -0.15) is 5.26 Å². The summed E-state index contributed by atoms with van der Waals surface area (Å²) in [6.45, 7) is 3.23. The molecule has 3 fully saturated rings. The lowest BCUT2D eigenvalue weighted by Crippen LogP contribution is -2.36. The van der Waals surface area contributed by atoms with Gasteiger partial charge in [-0.05, 0) is 71.9 Å². The summed E-state index contributed by atoms with van der Waals surface area (Å²) in [6, 6.07) is 14.8. The molecule has 2 aromatic rings. The van der Waals surface area contributed by atoms with Crippen molar-refractivity contribution in [2.45, 2.75) is 63.2 Å². The lowest BCUT2D eigenvalue weighted by atomic mass is 9.90. The first kappa shape index (κ1) is 17.8. The Morgan fingerprint density at radius 1 is 1.21 bits per heavy atom. The van der Waals surface area contributed by atoms with E-state index >= 15 is 0 Å². The maximum absolute atomic E-state index is 14.3. The Hall–Kier alpha value is -2.22. The summed E-state index contributed by atoms with van der Waals surface area (Å²) < 4.78 is 14.3. The van der Waals surface area contributed by atoms with Gasteiger partial charge in [-0.3, -0.25) is 4.90 Å². The average molecular weight is 375 g/mol. The van der Waals surface area contributed by atoms with Crippen LogP contribution in [0.2, 0.25) is 0 Å². The summed E-state index contributed by atoms with van der Waals surface area (Å²) >= 11 is 0. The molecule has 144 valence electrons. The molecule has 4 heteroatoms. The van der Waals surface area contributed by atoms with Crippen LogP contribution in [0.1, 0.15) is 55.2 Å². The molecule has 5 atom stereocenters. The number of rotatable bonds is 4. The number of nitriles is 1. The normalized spacial score (nSPS) is 31.1. The van der Waals surface area contributed by atoms with Crippen LogP contribution in [-0.2, 0) is 6.54 Å². The minimum absolute atomic E-state index is 0.101. The predicted octanol–water partition coefficient (Wildman–Crippen LogP) is 4.55. The third-order valence-electron chi connectivity index (χ3n) is 7.16. The van der Waals surface area contributed by atoms with E-state index in [1.807, 2.05) is 12.1 Å².